The van der Waals surface area contributed by atoms with Gasteiger partial charge in [0.15, 0.2) is 0 Å². The summed E-state index contributed by atoms with van der Waals surface area (Å²) in [6, 6.07) is 24.0. The number of fused-ring (bicyclic) bond motifs is 5. The molecule has 0 atom stereocenters. The normalized spacial score (nSPS) is 14.2. The van der Waals surface area contributed by atoms with Gasteiger partial charge in [0.25, 0.3) is 0 Å². The van der Waals surface area contributed by atoms with E-state index in [4.69, 9.17) is 4.98 Å². The van der Waals surface area contributed by atoms with Gasteiger partial charge in [-0.3, -0.25) is 0 Å². The van der Waals surface area contributed by atoms with Crippen LogP contribution < -0.4 is 0 Å². The highest BCUT2D eigenvalue weighted by molar-refractivity contribution is 6.02. The Bertz CT molecular complexity index is 1200. The highest BCUT2D eigenvalue weighted by Gasteiger charge is 2.39. The van der Waals surface area contributed by atoms with Crippen LogP contribution in [0.5, 0.6) is 0 Å². The second-order valence-electron chi connectivity index (χ2n) is 8.22. The monoisotopic (exact) mass is 349 g/mol. The van der Waals surface area contributed by atoms with Crippen LogP contribution in [0.1, 0.15) is 36.1 Å². The quantitative estimate of drug-likeness (QED) is 0.367. The number of hydrogen-bond acceptors (Lipinski definition) is 1. The summed E-state index contributed by atoms with van der Waals surface area (Å²) < 4.78 is 0. The van der Waals surface area contributed by atoms with E-state index in [1.165, 1.54) is 44.3 Å². The van der Waals surface area contributed by atoms with Crippen LogP contribution in [0.25, 0.3) is 33.3 Å². The van der Waals surface area contributed by atoms with Crippen LogP contribution in [-0.4, -0.2) is 4.98 Å². The molecule has 1 aliphatic rings. The van der Waals surface area contributed by atoms with Crippen LogP contribution in [-0.2, 0) is 5.41 Å². The molecule has 4 aromatic rings. The second-order valence-corrected chi connectivity index (χ2v) is 8.22. The van der Waals surface area contributed by atoms with Crippen molar-refractivity contribution in [1.82, 2.24) is 4.98 Å². The van der Waals surface area contributed by atoms with Gasteiger partial charge in [-0.05, 0) is 47.7 Å². The number of rotatable bonds is 1. The highest BCUT2D eigenvalue weighted by atomic mass is 14.7. The fraction of sp³-hybridized carbons (Fsp3) is 0.192. The van der Waals surface area contributed by atoms with E-state index < -0.39 is 0 Å². The van der Waals surface area contributed by atoms with E-state index in [1.54, 1.807) is 0 Å². The Morgan fingerprint density at radius 1 is 0.815 bits per heavy atom. The molecule has 1 aromatic heterocycles. The van der Waals surface area contributed by atoms with Gasteiger partial charge in [-0.15, -0.1) is 0 Å². The molecule has 0 saturated carbocycles. The lowest BCUT2D eigenvalue weighted by Gasteiger charge is -2.24. The third-order valence-electron chi connectivity index (χ3n) is 5.97. The molecule has 1 nitrogen and oxygen atoms in total. The maximum absolute atomic E-state index is 5.20. The van der Waals surface area contributed by atoms with Gasteiger partial charge in [0.2, 0.25) is 0 Å². The van der Waals surface area contributed by atoms with Crippen LogP contribution in [0.2, 0.25) is 0 Å². The third-order valence-corrected chi connectivity index (χ3v) is 5.97. The Balaban J connectivity index is 2.03. The zero-order valence-corrected chi connectivity index (χ0v) is 16.3. The first-order valence-corrected chi connectivity index (χ1v) is 9.59. The minimum atomic E-state index is -0.0450. The van der Waals surface area contributed by atoms with Crippen LogP contribution in [0.4, 0.5) is 0 Å². The molecule has 132 valence electrons. The minimum Gasteiger partial charge on any atom is -0.247 e. The van der Waals surface area contributed by atoms with Gasteiger partial charge in [0.05, 0.1) is 11.2 Å². The van der Waals surface area contributed by atoms with E-state index in [1.807, 2.05) is 0 Å². The van der Waals surface area contributed by atoms with Gasteiger partial charge in [-0.1, -0.05) is 74.5 Å². The molecular weight excluding hydrogens is 326 g/mol. The lowest BCUT2D eigenvalue weighted by molar-refractivity contribution is 0.665. The van der Waals surface area contributed by atoms with Crippen molar-refractivity contribution in [3.8, 4) is 22.4 Å². The van der Waals surface area contributed by atoms with Crippen LogP contribution in [0.15, 0.2) is 66.7 Å². The predicted octanol–water partition coefficient (Wildman–Crippen LogP) is 6.82. The second kappa shape index (κ2) is 5.53. The molecule has 0 aliphatic heterocycles. The van der Waals surface area contributed by atoms with E-state index >= 15 is 0 Å². The maximum atomic E-state index is 5.20. The summed E-state index contributed by atoms with van der Waals surface area (Å²) in [4.78, 5) is 5.20. The number of pyridine rings is 1. The smallest absolute Gasteiger partial charge is 0.0791 e. The van der Waals surface area contributed by atoms with Crippen LogP contribution in [0, 0.1) is 13.8 Å². The Hall–Kier alpha value is -2.93. The predicted molar refractivity (Wildman–Crippen MR) is 114 cm³/mol. The molecular formula is C26H23N. The minimum absolute atomic E-state index is 0.0450. The zero-order chi connectivity index (χ0) is 18.8. The van der Waals surface area contributed by atoms with Crippen molar-refractivity contribution in [2.75, 3.05) is 0 Å². The first kappa shape index (κ1) is 16.3. The number of hydrogen-bond donors (Lipinski definition) is 0. The average Bonchev–Trinajstić information content (AvgIpc) is 2.90. The first-order valence-electron chi connectivity index (χ1n) is 9.59. The van der Waals surface area contributed by atoms with Crippen LogP contribution >= 0.6 is 0 Å². The van der Waals surface area contributed by atoms with Gasteiger partial charge in [-0.2, -0.15) is 0 Å². The molecule has 0 amide bonds. The summed E-state index contributed by atoms with van der Waals surface area (Å²) in [6.45, 7) is 9.08. The molecule has 0 fully saturated rings. The maximum Gasteiger partial charge on any atom is 0.0791 e. The summed E-state index contributed by atoms with van der Waals surface area (Å²) in [7, 11) is 0. The van der Waals surface area contributed by atoms with Crippen molar-refractivity contribution in [3.05, 3.63) is 89.0 Å². The molecule has 0 radical (unpaired) electrons. The van der Waals surface area contributed by atoms with E-state index in [0.29, 0.717) is 0 Å². The molecule has 5 rings (SSSR count). The largest absolute Gasteiger partial charge is 0.247 e. The van der Waals surface area contributed by atoms with Crippen molar-refractivity contribution in [3.63, 3.8) is 0 Å². The fourth-order valence-electron chi connectivity index (χ4n) is 4.85. The average molecular weight is 349 g/mol. The Labute approximate surface area is 160 Å². The van der Waals surface area contributed by atoms with E-state index in [2.05, 4.69) is 94.4 Å². The van der Waals surface area contributed by atoms with Crippen molar-refractivity contribution >= 4 is 10.9 Å². The van der Waals surface area contributed by atoms with Crippen molar-refractivity contribution in [2.45, 2.75) is 33.1 Å². The van der Waals surface area contributed by atoms with E-state index in [0.717, 1.165) is 11.2 Å². The van der Waals surface area contributed by atoms with Crippen LogP contribution in [0.3, 0.4) is 0 Å². The molecule has 27 heavy (non-hydrogen) atoms. The summed E-state index contributed by atoms with van der Waals surface area (Å²) >= 11 is 0. The van der Waals surface area contributed by atoms with E-state index in [-0.39, 0.29) is 5.41 Å². The molecule has 3 aromatic carbocycles. The summed E-state index contributed by atoms with van der Waals surface area (Å²) in [5.41, 5.74) is 11.4. The summed E-state index contributed by atoms with van der Waals surface area (Å²) in [5.74, 6) is 0. The topological polar surface area (TPSA) is 12.9 Å². The SMILES string of the molecule is Cc1cc(C)c2c3c(c(-c4ccccc4)nc2c1)-c1ccccc1C3(C)C. The van der Waals surface area contributed by atoms with Gasteiger partial charge in [0, 0.05) is 21.9 Å². The molecule has 0 bridgehead atoms. The summed E-state index contributed by atoms with van der Waals surface area (Å²) in [6.07, 6.45) is 0. The molecule has 1 aliphatic carbocycles. The lowest BCUT2D eigenvalue weighted by atomic mass is 9.79. The lowest BCUT2D eigenvalue weighted by Crippen LogP contribution is -2.16. The first-order chi connectivity index (χ1) is 13.0. The molecule has 0 spiro atoms. The number of aromatic nitrogens is 1. The van der Waals surface area contributed by atoms with Crippen molar-refractivity contribution in [2.24, 2.45) is 0 Å². The Kier molecular flexibility index (Phi) is 3.33. The highest BCUT2D eigenvalue weighted by Crippen LogP contribution is 2.54. The van der Waals surface area contributed by atoms with Gasteiger partial charge < -0.3 is 0 Å². The van der Waals surface area contributed by atoms with E-state index in [9.17, 15) is 0 Å². The fourth-order valence-corrected chi connectivity index (χ4v) is 4.85. The van der Waals surface area contributed by atoms with Crippen molar-refractivity contribution in [1.29, 1.82) is 0 Å². The molecule has 1 heteroatoms. The standard InChI is InChI=1S/C26H23N/c1-16-14-17(2)22-21(15-16)27-25(18-10-6-5-7-11-18)23-19-12-8-9-13-20(19)26(3,4)24(22)23/h5-15H,1-4H3. The Morgan fingerprint density at radius 3 is 2.30 bits per heavy atom. The number of benzene rings is 3. The van der Waals surface area contributed by atoms with Gasteiger partial charge in [0.1, 0.15) is 0 Å². The van der Waals surface area contributed by atoms with Crippen molar-refractivity contribution < 1.29 is 0 Å². The number of nitrogens with zero attached hydrogens (tertiary/aromatic N) is 1. The summed E-state index contributed by atoms with van der Waals surface area (Å²) in [5, 5.41) is 1.32. The molecule has 0 unspecified atom stereocenters. The third kappa shape index (κ3) is 2.21. The molecule has 1 heterocycles. The number of aryl methyl sites for hydroxylation is 2. The van der Waals surface area contributed by atoms with Gasteiger partial charge >= 0.3 is 0 Å². The molecule has 0 saturated heterocycles. The molecule has 0 N–H and O–H groups in total. The Morgan fingerprint density at radius 2 is 1.52 bits per heavy atom. The zero-order valence-electron chi connectivity index (χ0n) is 16.3. The van der Waals surface area contributed by atoms with Gasteiger partial charge in [-0.25, -0.2) is 4.98 Å².